The number of likely N-dealkylation sites (N-methyl/N-ethyl adjacent to an activating group) is 1. The number of hydrogen-bond acceptors (Lipinski definition) is 4. The molecule has 1 aromatic rings. The third kappa shape index (κ3) is 3.10. The molecule has 0 aliphatic heterocycles. The fourth-order valence-electron chi connectivity index (χ4n) is 2.86. The summed E-state index contributed by atoms with van der Waals surface area (Å²) in [7, 11) is -2.33. The zero-order valence-corrected chi connectivity index (χ0v) is 13.2. The van der Waals surface area contributed by atoms with Gasteiger partial charge in [-0.15, -0.1) is 0 Å². The van der Waals surface area contributed by atoms with Gasteiger partial charge < -0.3 is 5.11 Å². The molecule has 21 heavy (non-hydrogen) atoms. The molecule has 2 rings (SSSR count). The quantitative estimate of drug-likeness (QED) is 0.919. The number of nitrogens with zero attached hydrogens (tertiary/aromatic N) is 2. The van der Waals surface area contributed by atoms with E-state index in [9.17, 15) is 18.8 Å². The Balaban J connectivity index is 2.34. The van der Waals surface area contributed by atoms with Crippen LogP contribution in [0.1, 0.15) is 36.8 Å². The van der Waals surface area contributed by atoms with Gasteiger partial charge in [-0.1, -0.05) is 25.0 Å². The predicted molar refractivity (Wildman–Crippen MR) is 79.1 cm³/mol. The maximum Gasteiger partial charge on any atom is 0.244 e. The lowest BCUT2D eigenvalue weighted by molar-refractivity contribution is 0.0333. The Bertz CT molecular complexity index is 671. The van der Waals surface area contributed by atoms with Gasteiger partial charge in [-0.2, -0.15) is 9.57 Å². The van der Waals surface area contributed by atoms with Crippen molar-refractivity contribution in [3.8, 4) is 6.07 Å². The zero-order valence-electron chi connectivity index (χ0n) is 12.3. The van der Waals surface area contributed by atoms with Gasteiger partial charge in [0, 0.05) is 13.6 Å². The van der Waals surface area contributed by atoms with Crippen molar-refractivity contribution in [3.63, 3.8) is 0 Å². The molecule has 0 radical (unpaired) electrons. The SMILES string of the molecule is Cc1cccc(S(=O)(=O)N(C)CC2(O)CCCC2)c1C#N. The second-order valence-electron chi connectivity index (χ2n) is 5.75. The van der Waals surface area contributed by atoms with Crippen LogP contribution in [0.5, 0.6) is 0 Å². The summed E-state index contributed by atoms with van der Waals surface area (Å²) >= 11 is 0. The van der Waals surface area contributed by atoms with Crippen LogP contribution in [0.25, 0.3) is 0 Å². The van der Waals surface area contributed by atoms with E-state index < -0.39 is 15.6 Å². The highest BCUT2D eigenvalue weighted by Gasteiger charge is 2.36. The van der Waals surface area contributed by atoms with E-state index in [0.717, 1.165) is 17.1 Å². The molecule has 1 saturated carbocycles. The summed E-state index contributed by atoms with van der Waals surface area (Å²) in [6.45, 7) is 1.77. The minimum atomic E-state index is -3.78. The lowest BCUT2D eigenvalue weighted by atomic mass is 10.0. The van der Waals surface area contributed by atoms with Crippen molar-refractivity contribution in [1.82, 2.24) is 4.31 Å². The highest BCUT2D eigenvalue weighted by Crippen LogP contribution is 2.31. The monoisotopic (exact) mass is 308 g/mol. The molecule has 1 aliphatic carbocycles. The zero-order chi connectivity index (χ0) is 15.7. The summed E-state index contributed by atoms with van der Waals surface area (Å²) in [6.07, 6.45) is 3.06. The molecule has 0 amide bonds. The highest BCUT2D eigenvalue weighted by atomic mass is 32.2. The Kier molecular flexibility index (Phi) is 4.38. The second-order valence-corrected chi connectivity index (χ2v) is 7.77. The minimum absolute atomic E-state index is 0.00842. The van der Waals surface area contributed by atoms with Gasteiger partial charge >= 0.3 is 0 Å². The molecule has 1 fully saturated rings. The van der Waals surface area contributed by atoms with E-state index in [1.54, 1.807) is 19.1 Å². The first-order chi connectivity index (χ1) is 9.80. The molecular weight excluding hydrogens is 288 g/mol. The average molecular weight is 308 g/mol. The molecule has 0 heterocycles. The highest BCUT2D eigenvalue weighted by molar-refractivity contribution is 7.89. The fourth-order valence-corrected chi connectivity index (χ4v) is 4.32. The third-order valence-corrected chi connectivity index (χ3v) is 5.93. The topological polar surface area (TPSA) is 81.4 Å². The van der Waals surface area contributed by atoms with Crippen LogP contribution in [0.3, 0.4) is 0 Å². The Labute approximate surface area is 125 Å². The average Bonchev–Trinajstić information content (AvgIpc) is 2.84. The van der Waals surface area contributed by atoms with Crippen molar-refractivity contribution < 1.29 is 13.5 Å². The fraction of sp³-hybridized carbons (Fsp3) is 0.533. The van der Waals surface area contributed by atoms with Gasteiger partial charge in [-0.3, -0.25) is 0 Å². The van der Waals surface area contributed by atoms with Gasteiger partial charge in [0.2, 0.25) is 10.0 Å². The van der Waals surface area contributed by atoms with Crippen molar-refractivity contribution in [2.75, 3.05) is 13.6 Å². The van der Waals surface area contributed by atoms with Gasteiger partial charge in [0.15, 0.2) is 0 Å². The molecule has 1 aromatic carbocycles. The van der Waals surface area contributed by atoms with E-state index in [2.05, 4.69) is 0 Å². The largest absolute Gasteiger partial charge is 0.389 e. The van der Waals surface area contributed by atoms with E-state index in [1.165, 1.54) is 13.1 Å². The number of sulfonamides is 1. The molecular formula is C15H20N2O3S. The minimum Gasteiger partial charge on any atom is -0.389 e. The molecule has 0 atom stereocenters. The first-order valence-electron chi connectivity index (χ1n) is 6.99. The first-order valence-corrected chi connectivity index (χ1v) is 8.43. The summed E-state index contributed by atoms with van der Waals surface area (Å²) in [5.74, 6) is 0. The molecule has 0 unspecified atom stereocenters. The summed E-state index contributed by atoms with van der Waals surface area (Å²) in [5, 5.41) is 19.6. The lowest BCUT2D eigenvalue weighted by Gasteiger charge is -2.28. The van der Waals surface area contributed by atoms with Crippen LogP contribution < -0.4 is 0 Å². The third-order valence-electron chi connectivity index (χ3n) is 4.09. The molecule has 6 heteroatoms. The first kappa shape index (κ1) is 16.0. The van der Waals surface area contributed by atoms with Gasteiger partial charge in [0.25, 0.3) is 0 Å². The maximum absolute atomic E-state index is 12.7. The number of rotatable bonds is 4. The Morgan fingerprint density at radius 2 is 2.00 bits per heavy atom. The van der Waals surface area contributed by atoms with Crippen LogP contribution >= 0.6 is 0 Å². The number of aryl methyl sites for hydroxylation is 1. The van der Waals surface area contributed by atoms with Crippen molar-refractivity contribution in [2.24, 2.45) is 0 Å². The molecule has 1 N–H and O–H groups in total. The van der Waals surface area contributed by atoms with Crippen LogP contribution in [0.2, 0.25) is 0 Å². The second kappa shape index (κ2) is 5.76. The van der Waals surface area contributed by atoms with Crippen LogP contribution in [0.4, 0.5) is 0 Å². The Hall–Kier alpha value is -1.42. The summed E-state index contributed by atoms with van der Waals surface area (Å²) in [5.41, 5.74) is -0.146. The van der Waals surface area contributed by atoms with Gasteiger partial charge in [0.05, 0.1) is 11.2 Å². The van der Waals surface area contributed by atoms with Crippen molar-refractivity contribution in [2.45, 2.75) is 43.1 Å². The predicted octanol–water partition coefficient (Wildman–Crippen LogP) is 1.79. The molecule has 0 spiro atoms. The van der Waals surface area contributed by atoms with Crippen LogP contribution in [0.15, 0.2) is 23.1 Å². The Morgan fingerprint density at radius 1 is 1.38 bits per heavy atom. The van der Waals surface area contributed by atoms with Gasteiger partial charge in [-0.05, 0) is 31.4 Å². The molecule has 1 aliphatic rings. The smallest absolute Gasteiger partial charge is 0.244 e. The van der Waals surface area contributed by atoms with Crippen molar-refractivity contribution in [1.29, 1.82) is 5.26 Å². The molecule has 0 saturated heterocycles. The van der Waals surface area contributed by atoms with Crippen molar-refractivity contribution >= 4 is 10.0 Å². The molecule has 114 valence electrons. The van der Waals surface area contributed by atoms with E-state index in [0.29, 0.717) is 18.4 Å². The number of aliphatic hydroxyl groups is 1. The van der Waals surface area contributed by atoms with Crippen LogP contribution in [0, 0.1) is 18.3 Å². The number of nitriles is 1. The van der Waals surface area contributed by atoms with Gasteiger partial charge in [0.1, 0.15) is 11.0 Å². The molecule has 0 bridgehead atoms. The summed E-state index contributed by atoms with van der Waals surface area (Å²) in [4.78, 5) is 0.00842. The summed E-state index contributed by atoms with van der Waals surface area (Å²) in [6, 6.07) is 6.74. The van der Waals surface area contributed by atoms with Crippen LogP contribution in [-0.2, 0) is 10.0 Å². The van der Waals surface area contributed by atoms with E-state index in [4.69, 9.17) is 0 Å². The van der Waals surface area contributed by atoms with E-state index in [1.807, 2.05) is 6.07 Å². The summed E-state index contributed by atoms with van der Waals surface area (Å²) < 4.78 is 26.5. The maximum atomic E-state index is 12.7. The van der Waals surface area contributed by atoms with Crippen LogP contribution in [-0.4, -0.2) is 37.0 Å². The van der Waals surface area contributed by atoms with E-state index in [-0.39, 0.29) is 17.0 Å². The normalized spacial score (nSPS) is 17.9. The van der Waals surface area contributed by atoms with E-state index >= 15 is 0 Å². The van der Waals surface area contributed by atoms with Crippen molar-refractivity contribution in [3.05, 3.63) is 29.3 Å². The standard InChI is InChI=1S/C15H20N2O3S/c1-12-6-5-7-14(13(12)10-16)21(19,20)17(2)11-15(18)8-3-4-9-15/h5-7,18H,3-4,8-9,11H2,1-2H3. The number of hydrogen-bond donors (Lipinski definition) is 1. The molecule has 5 nitrogen and oxygen atoms in total. The Morgan fingerprint density at radius 3 is 2.57 bits per heavy atom. The molecule has 0 aromatic heterocycles. The number of benzene rings is 1. The lowest BCUT2D eigenvalue weighted by Crippen LogP contribution is -2.42. The van der Waals surface area contributed by atoms with Gasteiger partial charge in [-0.25, -0.2) is 8.42 Å².